The Kier molecular flexibility index (Phi) is 7.80. The number of benzene rings is 4. The van der Waals surface area contributed by atoms with Crippen LogP contribution in [0.4, 0.5) is 0 Å². The molecule has 1 radical (unpaired) electrons. The Morgan fingerprint density at radius 3 is 1.60 bits per heavy atom. The van der Waals surface area contributed by atoms with Crippen LogP contribution in [-0.4, -0.2) is 76.0 Å². The van der Waals surface area contributed by atoms with Gasteiger partial charge in [-0.05, 0) is 12.1 Å². The molecule has 0 atom stereocenters. The van der Waals surface area contributed by atoms with Crippen molar-refractivity contribution in [3.8, 4) is 57.1 Å². The van der Waals surface area contributed by atoms with E-state index in [2.05, 4.69) is 24.9 Å². The van der Waals surface area contributed by atoms with Crippen molar-refractivity contribution in [1.29, 1.82) is 0 Å². The van der Waals surface area contributed by atoms with Crippen LogP contribution in [0.15, 0.2) is 70.5 Å². The number of nitrogens with one attached hydrogen (secondary N) is 2. The standard InChI is InChI=1S/C32H16Cl2N8O8S2.Co/c33-20-18-19(22(43)23(44)21(20)34)32-41-30-17-15(9-10-16(51(45,46)47)24(17)52(48,49)50)29(40-30)38-27-12-6-2-1-5-11(12)25(36-27)35-26-13-7-3-4-8-14(13)28(37-26)39-31(18)42-32;/h1-10,43-44H,(H,45,46,47)(H,48,49,50)(H2,35,36,37,38,39,40,41,42);. The molecule has 0 aliphatic carbocycles. The average molecular weight is 835 g/mol. The summed E-state index contributed by atoms with van der Waals surface area (Å²) >= 11 is 12.9. The van der Waals surface area contributed by atoms with Crippen molar-refractivity contribution in [1.82, 2.24) is 39.9 Å². The zero-order valence-corrected chi connectivity index (χ0v) is 30.0. The third kappa shape index (κ3) is 5.23. The van der Waals surface area contributed by atoms with E-state index in [1.807, 2.05) is 0 Å². The Labute approximate surface area is 316 Å². The van der Waals surface area contributed by atoms with Gasteiger partial charge in [0.25, 0.3) is 20.2 Å². The van der Waals surface area contributed by atoms with E-state index < -0.39 is 57.9 Å². The third-order valence-electron chi connectivity index (χ3n) is 8.54. The van der Waals surface area contributed by atoms with Crippen LogP contribution in [0.1, 0.15) is 0 Å². The van der Waals surface area contributed by atoms with Crippen molar-refractivity contribution >= 4 is 87.6 Å². The number of aromatic nitrogens is 8. The fourth-order valence-electron chi connectivity index (χ4n) is 6.34. The van der Waals surface area contributed by atoms with E-state index in [-0.39, 0.29) is 72.6 Å². The first kappa shape index (κ1) is 34.8. The molecular weight excluding hydrogens is 818 g/mol. The summed E-state index contributed by atoms with van der Waals surface area (Å²) in [6, 6.07) is 16.2. The topological polar surface area (TPSA) is 258 Å². The summed E-state index contributed by atoms with van der Waals surface area (Å²) in [5.41, 5.74) is 0.699. The maximum absolute atomic E-state index is 12.9. The molecule has 0 amide bonds. The average Bonchev–Trinajstić information content (AvgIpc) is 3.84. The van der Waals surface area contributed by atoms with Crippen LogP contribution in [0.25, 0.3) is 89.7 Å². The number of H-pyrrole nitrogens is 2. The molecule has 21 heteroatoms. The Hall–Kier alpha value is -5.25. The number of fused-ring (bicyclic) bond motifs is 20. The Balaban J connectivity index is 0.00000400. The zero-order chi connectivity index (χ0) is 36.4. The van der Waals surface area contributed by atoms with E-state index in [1.54, 1.807) is 48.5 Å². The Morgan fingerprint density at radius 2 is 1.02 bits per heavy atom. The van der Waals surface area contributed by atoms with Crippen LogP contribution in [-0.2, 0) is 37.0 Å². The first-order valence-electron chi connectivity index (χ1n) is 14.8. The van der Waals surface area contributed by atoms with Gasteiger partial charge < -0.3 is 20.2 Å². The van der Waals surface area contributed by atoms with E-state index in [1.165, 1.54) is 0 Å². The van der Waals surface area contributed by atoms with Gasteiger partial charge in [0.05, 0.1) is 21.4 Å². The number of phenols is 2. The van der Waals surface area contributed by atoms with E-state index >= 15 is 0 Å². The number of phenolic OH excluding ortho intramolecular Hbond substituents is 2. The molecule has 16 nitrogen and oxygen atoms in total. The molecule has 0 saturated heterocycles. The predicted molar refractivity (Wildman–Crippen MR) is 189 cm³/mol. The monoisotopic (exact) mass is 833 g/mol. The molecule has 9 rings (SSSR count). The number of nitrogens with zero attached hydrogens (tertiary/aromatic N) is 6. The molecule has 7 aromatic rings. The normalized spacial score (nSPS) is 12.5. The molecule has 267 valence electrons. The summed E-state index contributed by atoms with van der Waals surface area (Å²) in [7, 11) is -10.7. The summed E-state index contributed by atoms with van der Waals surface area (Å²) in [4.78, 5) is 31.5. The van der Waals surface area contributed by atoms with Crippen LogP contribution in [0.3, 0.4) is 0 Å². The van der Waals surface area contributed by atoms with Gasteiger partial charge in [-0.3, -0.25) is 9.11 Å². The van der Waals surface area contributed by atoms with Crippen molar-refractivity contribution in [2.45, 2.75) is 9.79 Å². The molecule has 4 aromatic carbocycles. The molecule has 2 aliphatic heterocycles. The quantitative estimate of drug-likeness (QED) is 0.0853. The number of rotatable bonds is 2. The van der Waals surface area contributed by atoms with E-state index in [9.17, 15) is 36.2 Å². The summed E-state index contributed by atoms with van der Waals surface area (Å²) in [6.45, 7) is 0. The first-order chi connectivity index (χ1) is 24.7. The molecule has 6 N–H and O–H groups in total. The van der Waals surface area contributed by atoms with Gasteiger partial charge in [0.15, 0.2) is 34.8 Å². The number of hydrogen-bond donors (Lipinski definition) is 6. The minimum atomic E-state index is -5.43. The second-order valence-corrected chi connectivity index (χ2v) is 15.0. The molecule has 0 fully saturated rings. The van der Waals surface area contributed by atoms with Gasteiger partial charge in [-0.2, -0.15) is 16.8 Å². The van der Waals surface area contributed by atoms with Gasteiger partial charge in [0, 0.05) is 44.2 Å². The third-order valence-corrected chi connectivity index (χ3v) is 11.3. The minimum Gasteiger partial charge on any atom is -0.504 e. The number of halogens is 2. The first-order valence-corrected chi connectivity index (χ1v) is 18.4. The van der Waals surface area contributed by atoms with Crippen LogP contribution in [0.2, 0.25) is 10.0 Å². The molecule has 5 heterocycles. The van der Waals surface area contributed by atoms with Crippen LogP contribution < -0.4 is 0 Å². The second kappa shape index (κ2) is 11.9. The van der Waals surface area contributed by atoms with Gasteiger partial charge in [-0.25, -0.2) is 29.9 Å². The molecule has 53 heavy (non-hydrogen) atoms. The van der Waals surface area contributed by atoms with E-state index in [0.29, 0.717) is 27.5 Å². The maximum Gasteiger partial charge on any atom is 0.296 e. The SMILES string of the molecule is O=S(=O)(O)c1ccc2c(c1S(=O)(=O)O)-c1nc-2nc2[nH]c(nc3nc(nc4[nH]c(n1)c1c(O)c(O)c(Cl)c(Cl)c41)-c1ccccc1-3)c1ccccc21.[Co]. The van der Waals surface area contributed by atoms with Crippen LogP contribution in [0.5, 0.6) is 11.5 Å². The molecule has 2 aliphatic rings. The smallest absolute Gasteiger partial charge is 0.296 e. The van der Waals surface area contributed by atoms with Crippen molar-refractivity contribution < 1.29 is 52.9 Å². The number of aromatic amines is 2. The fraction of sp³-hybridized carbons (Fsp3) is 0. The van der Waals surface area contributed by atoms with Gasteiger partial charge in [0.2, 0.25) is 0 Å². The molecule has 8 bridgehead atoms. The van der Waals surface area contributed by atoms with Gasteiger partial charge in [0.1, 0.15) is 37.4 Å². The molecule has 0 spiro atoms. The van der Waals surface area contributed by atoms with E-state index in [0.717, 1.165) is 12.1 Å². The largest absolute Gasteiger partial charge is 0.504 e. The van der Waals surface area contributed by atoms with Gasteiger partial charge in [-0.15, -0.1) is 0 Å². The van der Waals surface area contributed by atoms with Crippen LogP contribution in [0, 0.1) is 0 Å². The van der Waals surface area contributed by atoms with Gasteiger partial charge in [-0.1, -0.05) is 71.7 Å². The van der Waals surface area contributed by atoms with Crippen molar-refractivity contribution in [3.63, 3.8) is 0 Å². The van der Waals surface area contributed by atoms with Crippen molar-refractivity contribution in [3.05, 3.63) is 70.7 Å². The molecular formula is C32H16Cl2CoN8O8S2. The molecule has 0 unspecified atom stereocenters. The van der Waals surface area contributed by atoms with Crippen LogP contribution >= 0.6 is 23.2 Å². The number of aromatic hydroxyl groups is 2. The summed E-state index contributed by atoms with van der Waals surface area (Å²) in [5, 5.41) is 22.1. The Bertz CT molecular complexity index is 3210. The second-order valence-electron chi connectivity index (χ2n) is 11.5. The maximum atomic E-state index is 12.9. The summed E-state index contributed by atoms with van der Waals surface area (Å²) in [6.07, 6.45) is 0. The molecule has 3 aromatic heterocycles. The Morgan fingerprint density at radius 1 is 0.528 bits per heavy atom. The summed E-state index contributed by atoms with van der Waals surface area (Å²) < 4.78 is 71.0. The van der Waals surface area contributed by atoms with Crippen molar-refractivity contribution in [2.75, 3.05) is 0 Å². The number of hydrogen-bond acceptors (Lipinski definition) is 12. The van der Waals surface area contributed by atoms with Gasteiger partial charge >= 0.3 is 0 Å². The van der Waals surface area contributed by atoms with Crippen molar-refractivity contribution in [2.24, 2.45) is 0 Å². The minimum absolute atomic E-state index is 0. The fourth-order valence-corrected chi connectivity index (χ4v) is 8.79. The zero-order valence-electron chi connectivity index (χ0n) is 25.8. The molecule has 0 saturated carbocycles. The van der Waals surface area contributed by atoms with E-state index in [4.69, 9.17) is 38.2 Å². The predicted octanol–water partition coefficient (Wildman–Crippen LogP) is 6.08. The summed E-state index contributed by atoms with van der Waals surface area (Å²) in [5.74, 6) is -1.92.